The summed E-state index contributed by atoms with van der Waals surface area (Å²) >= 11 is 0. The summed E-state index contributed by atoms with van der Waals surface area (Å²) in [4.78, 5) is 0. The summed E-state index contributed by atoms with van der Waals surface area (Å²) in [5, 5.41) is 9.40. The Bertz CT molecular complexity index is 149. The van der Waals surface area contributed by atoms with E-state index in [1.54, 1.807) is 7.11 Å². The molecule has 3 unspecified atom stereocenters. The van der Waals surface area contributed by atoms with Gasteiger partial charge in [0.05, 0.1) is 19.3 Å². The molecule has 1 fully saturated rings. The Balaban J connectivity index is 2.10. The molecular weight excluding hydrogens is 180 g/mol. The first-order chi connectivity index (χ1) is 6.72. The summed E-state index contributed by atoms with van der Waals surface area (Å²) in [6, 6.07) is 0. The molecule has 1 saturated carbocycles. The second kappa shape index (κ2) is 6.38. The van der Waals surface area contributed by atoms with Crippen molar-refractivity contribution in [2.24, 2.45) is 5.92 Å². The van der Waals surface area contributed by atoms with Gasteiger partial charge in [-0.2, -0.15) is 0 Å². The molecule has 0 radical (unpaired) electrons. The molecular formula is C11H22O3. The van der Waals surface area contributed by atoms with Crippen LogP contribution < -0.4 is 0 Å². The van der Waals surface area contributed by atoms with E-state index in [0.717, 1.165) is 18.8 Å². The fourth-order valence-corrected chi connectivity index (χ4v) is 2.02. The summed E-state index contributed by atoms with van der Waals surface area (Å²) < 4.78 is 10.5. The molecule has 0 aliphatic heterocycles. The quantitative estimate of drug-likeness (QED) is 0.735. The van der Waals surface area contributed by atoms with Crippen LogP contribution in [-0.4, -0.2) is 37.6 Å². The first-order valence-electron chi connectivity index (χ1n) is 5.51. The zero-order valence-electron chi connectivity index (χ0n) is 9.24. The van der Waals surface area contributed by atoms with Gasteiger partial charge >= 0.3 is 0 Å². The van der Waals surface area contributed by atoms with Crippen LogP contribution in [-0.2, 0) is 9.47 Å². The number of aliphatic hydroxyl groups is 1. The van der Waals surface area contributed by atoms with E-state index >= 15 is 0 Å². The normalized spacial score (nSPS) is 30.2. The van der Waals surface area contributed by atoms with Crippen LogP contribution in [0.3, 0.4) is 0 Å². The maximum absolute atomic E-state index is 9.40. The molecule has 0 saturated heterocycles. The number of aliphatic hydroxyl groups excluding tert-OH is 1. The molecule has 0 aromatic carbocycles. The molecule has 1 N–H and O–H groups in total. The van der Waals surface area contributed by atoms with Gasteiger partial charge in [0.1, 0.15) is 6.10 Å². The summed E-state index contributed by atoms with van der Waals surface area (Å²) in [5.41, 5.74) is 0. The van der Waals surface area contributed by atoms with Gasteiger partial charge in [0.2, 0.25) is 0 Å². The van der Waals surface area contributed by atoms with Gasteiger partial charge in [0, 0.05) is 7.11 Å². The molecule has 14 heavy (non-hydrogen) atoms. The fraction of sp³-hybridized carbons (Fsp3) is 1.00. The lowest BCUT2D eigenvalue weighted by molar-refractivity contribution is -0.0514. The number of ether oxygens (including phenoxy) is 2. The predicted octanol–water partition coefficient (Wildman–Crippen LogP) is 1.59. The second-order valence-corrected chi connectivity index (χ2v) is 4.34. The number of methoxy groups -OCH3 is 1. The molecule has 1 aliphatic rings. The highest BCUT2D eigenvalue weighted by molar-refractivity contribution is 4.71. The Hall–Kier alpha value is -0.120. The van der Waals surface area contributed by atoms with Crippen LogP contribution in [0.25, 0.3) is 0 Å². The van der Waals surface area contributed by atoms with Crippen LogP contribution in [0.5, 0.6) is 0 Å². The summed E-state index contributed by atoms with van der Waals surface area (Å²) in [6.45, 7) is 3.04. The largest absolute Gasteiger partial charge is 0.388 e. The van der Waals surface area contributed by atoms with Gasteiger partial charge in [-0.3, -0.25) is 0 Å². The molecule has 84 valence electrons. The molecule has 0 bridgehead atoms. The zero-order valence-corrected chi connectivity index (χ0v) is 9.24. The van der Waals surface area contributed by atoms with Crippen LogP contribution in [0.15, 0.2) is 0 Å². The van der Waals surface area contributed by atoms with E-state index in [9.17, 15) is 5.11 Å². The molecule has 0 heterocycles. The summed E-state index contributed by atoms with van der Waals surface area (Å²) in [5.74, 6) is 0.772. The average molecular weight is 202 g/mol. The molecule has 0 aromatic heterocycles. The van der Waals surface area contributed by atoms with Crippen molar-refractivity contribution in [1.29, 1.82) is 0 Å². The molecule has 0 spiro atoms. The smallest absolute Gasteiger partial charge is 0.101 e. The van der Waals surface area contributed by atoms with E-state index in [1.807, 2.05) is 0 Å². The minimum Gasteiger partial charge on any atom is -0.388 e. The topological polar surface area (TPSA) is 38.7 Å². The van der Waals surface area contributed by atoms with Gasteiger partial charge in [-0.1, -0.05) is 19.8 Å². The van der Waals surface area contributed by atoms with E-state index in [1.165, 1.54) is 12.8 Å². The monoisotopic (exact) mass is 202 g/mol. The maximum Gasteiger partial charge on any atom is 0.101 e. The van der Waals surface area contributed by atoms with Gasteiger partial charge in [-0.15, -0.1) is 0 Å². The Kier molecular flexibility index (Phi) is 5.45. The van der Waals surface area contributed by atoms with Crippen LogP contribution in [0.1, 0.15) is 32.6 Å². The Labute approximate surface area is 86.4 Å². The van der Waals surface area contributed by atoms with Gasteiger partial charge < -0.3 is 14.6 Å². The van der Waals surface area contributed by atoms with Gasteiger partial charge in [-0.05, 0) is 18.8 Å². The second-order valence-electron chi connectivity index (χ2n) is 4.34. The molecule has 1 rings (SSSR count). The van der Waals surface area contributed by atoms with Crippen molar-refractivity contribution in [3.8, 4) is 0 Å². The minimum atomic E-state index is -0.475. The third-order valence-electron chi connectivity index (χ3n) is 2.77. The number of hydrogen-bond donors (Lipinski definition) is 1. The van der Waals surface area contributed by atoms with Crippen molar-refractivity contribution in [2.75, 3.05) is 20.3 Å². The third-order valence-corrected chi connectivity index (χ3v) is 2.77. The standard InChI is InChI=1S/C11H22O3/c1-9-4-3-5-11(6-9)14-8-10(12)7-13-2/h9-12H,3-8H2,1-2H3. The predicted molar refractivity (Wildman–Crippen MR) is 55.3 cm³/mol. The maximum atomic E-state index is 9.40. The van der Waals surface area contributed by atoms with Crippen LogP contribution in [0.2, 0.25) is 0 Å². The van der Waals surface area contributed by atoms with Crippen molar-refractivity contribution in [2.45, 2.75) is 44.8 Å². The summed E-state index contributed by atoms with van der Waals surface area (Å²) in [7, 11) is 1.59. The highest BCUT2D eigenvalue weighted by Crippen LogP contribution is 2.25. The first-order valence-corrected chi connectivity index (χ1v) is 5.51. The fourth-order valence-electron chi connectivity index (χ4n) is 2.02. The molecule has 1 aliphatic carbocycles. The van der Waals surface area contributed by atoms with Gasteiger partial charge in [-0.25, -0.2) is 0 Å². The van der Waals surface area contributed by atoms with Crippen LogP contribution in [0.4, 0.5) is 0 Å². The number of rotatable bonds is 5. The molecule has 3 atom stereocenters. The molecule has 3 heteroatoms. The lowest BCUT2D eigenvalue weighted by Crippen LogP contribution is -2.28. The van der Waals surface area contributed by atoms with Crippen molar-refractivity contribution in [3.63, 3.8) is 0 Å². The van der Waals surface area contributed by atoms with E-state index < -0.39 is 6.10 Å². The van der Waals surface area contributed by atoms with Crippen molar-refractivity contribution in [3.05, 3.63) is 0 Å². The van der Waals surface area contributed by atoms with Gasteiger partial charge in [0.15, 0.2) is 0 Å². The van der Waals surface area contributed by atoms with E-state index in [2.05, 4.69) is 6.92 Å². The van der Waals surface area contributed by atoms with E-state index in [4.69, 9.17) is 9.47 Å². The van der Waals surface area contributed by atoms with E-state index in [-0.39, 0.29) is 0 Å². The van der Waals surface area contributed by atoms with E-state index in [0.29, 0.717) is 19.3 Å². The lowest BCUT2D eigenvalue weighted by Gasteiger charge is -2.27. The highest BCUT2D eigenvalue weighted by atomic mass is 16.5. The molecule has 0 amide bonds. The van der Waals surface area contributed by atoms with Crippen molar-refractivity contribution >= 4 is 0 Å². The highest BCUT2D eigenvalue weighted by Gasteiger charge is 2.20. The molecule has 3 nitrogen and oxygen atoms in total. The Morgan fingerprint density at radius 1 is 1.36 bits per heavy atom. The number of hydrogen-bond acceptors (Lipinski definition) is 3. The Morgan fingerprint density at radius 2 is 2.14 bits per heavy atom. The average Bonchev–Trinajstić information content (AvgIpc) is 2.15. The molecule has 0 aromatic rings. The third kappa shape index (κ3) is 4.40. The Morgan fingerprint density at radius 3 is 2.79 bits per heavy atom. The van der Waals surface area contributed by atoms with Crippen LogP contribution >= 0.6 is 0 Å². The SMILES string of the molecule is COCC(O)COC1CCCC(C)C1. The first kappa shape index (κ1) is 12.0. The minimum absolute atomic E-state index is 0.352. The van der Waals surface area contributed by atoms with Gasteiger partial charge in [0.25, 0.3) is 0 Å². The van der Waals surface area contributed by atoms with Crippen LogP contribution in [0, 0.1) is 5.92 Å². The summed E-state index contributed by atoms with van der Waals surface area (Å²) in [6.07, 6.45) is 4.73. The van der Waals surface area contributed by atoms with Crippen molar-refractivity contribution in [1.82, 2.24) is 0 Å². The van der Waals surface area contributed by atoms with Crippen molar-refractivity contribution < 1.29 is 14.6 Å². The lowest BCUT2D eigenvalue weighted by atomic mass is 9.89. The zero-order chi connectivity index (χ0) is 10.4.